The third-order valence-corrected chi connectivity index (χ3v) is 3.27. The van der Waals surface area contributed by atoms with Crippen molar-refractivity contribution in [3.05, 3.63) is 0 Å². The van der Waals surface area contributed by atoms with Crippen LogP contribution in [0.3, 0.4) is 0 Å². The monoisotopic (exact) mass is 202 g/mol. The van der Waals surface area contributed by atoms with E-state index in [4.69, 9.17) is 5.73 Å². The SMILES string of the molecule is CCC(CSC)N1CCC(N)C1=O. The highest BCUT2D eigenvalue weighted by Gasteiger charge is 2.32. The number of rotatable bonds is 4. The van der Waals surface area contributed by atoms with Crippen LogP contribution in [0.1, 0.15) is 19.8 Å². The normalized spacial score (nSPS) is 25.3. The van der Waals surface area contributed by atoms with Crippen LogP contribution < -0.4 is 5.73 Å². The number of hydrogen-bond donors (Lipinski definition) is 1. The zero-order valence-corrected chi connectivity index (χ0v) is 9.14. The fourth-order valence-electron chi connectivity index (χ4n) is 1.71. The molecule has 1 saturated heterocycles. The summed E-state index contributed by atoms with van der Waals surface area (Å²) in [6.07, 6.45) is 3.92. The van der Waals surface area contributed by atoms with E-state index >= 15 is 0 Å². The number of hydrogen-bond acceptors (Lipinski definition) is 3. The van der Waals surface area contributed by atoms with Crippen LogP contribution in [0.15, 0.2) is 0 Å². The van der Waals surface area contributed by atoms with Crippen molar-refractivity contribution < 1.29 is 4.79 Å². The van der Waals surface area contributed by atoms with Crippen LogP contribution in [-0.4, -0.2) is 41.4 Å². The van der Waals surface area contributed by atoms with Gasteiger partial charge < -0.3 is 10.6 Å². The largest absolute Gasteiger partial charge is 0.337 e. The number of amides is 1. The molecule has 76 valence electrons. The van der Waals surface area contributed by atoms with Gasteiger partial charge in [0.05, 0.1) is 6.04 Å². The maximum atomic E-state index is 11.6. The van der Waals surface area contributed by atoms with E-state index in [9.17, 15) is 4.79 Å². The van der Waals surface area contributed by atoms with Crippen LogP contribution in [0.4, 0.5) is 0 Å². The number of thioether (sulfide) groups is 1. The van der Waals surface area contributed by atoms with Crippen molar-refractivity contribution in [2.24, 2.45) is 5.73 Å². The van der Waals surface area contributed by atoms with Crippen molar-refractivity contribution in [2.75, 3.05) is 18.6 Å². The Morgan fingerprint density at radius 1 is 1.77 bits per heavy atom. The summed E-state index contributed by atoms with van der Waals surface area (Å²) >= 11 is 1.79. The lowest BCUT2D eigenvalue weighted by molar-refractivity contribution is -0.130. The van der Waals surface area contributed by atoms with Crippen LogP contribution in [0.5, 0.6) is 0 Å². The molecule has 0 aromatic heterocycles. The first-order chi connectivity index (χ1) is 6.20. The first-order valence-electron chi connectivity index (χ1n) is 4.75. The highest BCUT2D eigenvalue weighted by Crippen LogP contribution is 2.17. The Morgan fingerprint density at radius 2 is 2.46 bits per heavy atom. The van der Waals surface area contributed by atoms with E-state index in [1.54, 1.807) is 11.8 Å². The molecule has 13 heavy (non-hydrogen) atoms. The van der Waals surface area contributed by atoms with Gasteiger partial charge in [-0.15, -0.1) is 0 Å². The maximum absolute atomic E-state index is 11.6. The first-order valence-corrected chi connectivity index (χ1v) is 6.15. The molecule has 1 amide bonds. The van der Waals surface area contributed by atoms with E-state index in [1.165, 1.54) is 0 Å². The number of nitrogens with two attached hydrogens (primary N) is 1. The summed E-state index contributed by atoms with van der Waals surface area (Å²) in [5.74, 6) is 1.16. The van der Waals surface area contributed by atoms with Gasteiger partial charge in [0, 0.05) is 18.3 Å². The summed E-state index contributed by atoms with van der Waals surface area (Å²) in [6, 6.07) is 0.145. The molecule has 1 heterocycles. The Morgan fingerprint density at radius 3 is 2.85 bits per heavy atom. The van der Waals surface area contributed by atoms with Gasteiger partial charge in [0.15, 0.2) is 0 Å². The maximum Gasteiger partial charge on any atom is 0.239 e. The van der Waals surface area contributed by atoms with Crippen molar-refractivity contribution in [2.45, 2.75) is 31.8 Å². The Hall–Kier alpha value is -0.220. The molecule has 0 aliphatic carbocycles. The Balaban J connectivity index is 2.54. The average molecular weight is 202 g/mol. The van der Waals surface area contributed by atoms with Gasteiger partial charge in [-0.1, -0.05) is 6.92 Å². The van der Waals surface area contributed by atoms with E-state index in [-0.39, 0.29) is 11.9 Å². The second-order valence-electron chi connectivity index (χ2n) is 3.44. The lowest BCUT2D eigenvalue weighted by atomic mass is 10.2. The Labute approximate surface area is 84.0 Å². The van der Waals surface area contributed by atoms with Crippen LogP contribution in [-0.2, 0) is 4.79 Å². The van der Waals surface area contributed by atoms with Crippen molar-refractivity contribution in [3.63, 3.8) is 0 Å². The summed E-state index contributed by atoms with van der Waals surface area (Å²) < 4.78 is 0. The van der Waals surface area contributed by atoms with E-state index in [0.717, 1.165) is 25.1 Å². The Bertz CT molecular complexity index is 186. The Kier molecular flexibility index (Phi) is 4.06. The predicted molar refractivity (Wildman–Crippen MR) is 56.8 cm³/mol. The fourth-order valence-corrected chi connectivity index (χ4v) is 2.51. The van der Waals surface area contributed by atoms with Gasteiger partial charge in [-0.2, -0.15) is 11.8 Å². The van der Waals surface area contributed by atoms with Crippen molar-refractivity contribution in [3.8, 4) is 0 Å². The molecule has 1 fully saturated rings. The minimum atomic E-state index is -0.240. The lowest BCUT2D eigenvalue weighted by Crippen LogP contribution is -2.41. The number of carbonyl (C=O) groups is 1. The zero-order valence-electron chi connectivity index (χ0n) is 8.32. The van der Waals surface area contributed by atoms with Crippen LogP contribution in [0.2, 0.25) is 0 Å². The number of likely N-dealkylation sites (tertiary alicyclic amines) is 1. The second kappa shape index (κ2) is 4.86. The standard InChI is InChI=1S/C9H18N2OS/c1-3-7(6-13-2)11-5-4-8(10)9(11)12/h7-8H,3-6,10H2,1-2H3. The summed E-state index contributed by atoms with van der Waals surface area (Å²) in [5, 5.41) is 0. The number of carbonyl (C=O) groups excluding carboxylic acids is 1. The van der Waals surface area contributed by atoms with Gasteiger partial charge in [-0.25, -0.2) is 0 Å². The molecule has 0 saturated carbocycles. The van der Waals surface area contributed by atoms with E-state index in [0.29, 0.717) is 6.04 Å². The van der Waals surface area contributed by atoms with Gasteiger partial charge in [-0.3, -0.25) is 4.79 Å². The van der Waals surface area contributed by atoms with Crippen LogP contribution >= 0.6 is 11.8 Å². The molecule has 1 rings (SSSR count). The fraction of sp³-hybridized carbons (Fsp3) is 0.889. The summed E-state index contributed by atoms with van der Waals surface area (Å²) in [4.78, 5) is 13.5. The molecule has 2 unspecified atom stereocenters. The molecule has 2 N–H and O–H groups in total. The molecule has 1 aliphatic rings. The third kappa shape index (κ3) is 2.38. The first kappa shape index (κ1) is 10.9. The molecule has 3 nitrogen and oxygen atoms in total. The highest BCUT2D eigenvalue weighted by molar-refractivity contribution is 7.98. The molecular formula is C9H18N2OS. The zero-order chi connectivity index (χ0) is 9.84. The summed E-state index contributed by atoms with van der Waals surface area (Å²) in [7, 11) is 0. The van der Waals surface area contributed by atoms with Gasteiger partial charge in [0.25, 0.3) is 0 Å². The average Bonchev–Trinajstić information content (AvgIpc) is 2.45. The van der Waals surface area contributed by atoms with Crippen LogP contribution in [0.25, 0.3) is 0 Å². The molecule has 0 radical (unpaired) electrons. The van der Waals surface area contributed by atoms with E-state index < -0.39 is 0 Å². The predicted octanol–water partition coefficient (Wildman–Crippen LogP) is 0.688. The van der Waals surface area contributed by atoms with E-state index in [1.807, 2.05) is 4.90 Å². The van der Waals surface area contributed by atoms with Crippen molar-refractivity contribution in [1.29, 1.82) is 0 Å². The minimum Gasteiger partial charge on any atom is -0.337 e. The summed E-state index contributed by atoms with van der Waals surface area (Å²) in [5.41, 5.74) is 5.66. The third-order valence-electron chi connectivity index (χ3n) is 2.55. The molecule has 4 heteroatoms. The molecule has 0 aromatic carbocycles. The molecule has 0 spiro atoms. The van der Waals surface area contributed by atoms with Crippen molar-refractivity contribution in [1.82, 2.24) is 4.90 Å². The van der Waals surface area contributed by atoms with Crippen LogP contribution in [0, 0.1) is 0 Å². The van der Waals surface area contributed by atoms with Gasteiger partial charge >= 0.3 is 0 Å². The number of nitrogens with zero attached hydrogens (tertiary/aromatic N) is 1. The molecule has 1 aliphatic heterocycles. The highest BCUT2D eigenvalue weighted by atomic mass is 32.2. The molecule has 0 aromatic rings. The topological polar surface area (TPSA) is 46.3 Å². The minimum absolute atomic E-state index is 0.140. The van der Waals surface area contributed by atoms with Gasteiger partial charge in [-0.05, 0) is 19.1 Å². The van der Waals surface area contributed by atoms with Gasteiger partial charge in [0.1, 0.15) is 0 Å². The summed E-state index contributed by atoms with van der Waals surface area (Å²) in [6.45, 7) is 2.97. The quantitative estimate of drug-likeness (QED) is 0.729. The second-order valence-corrected chi connectivity index (χ2v) is 4.35. The smallest absolute Gasteiger partial charge is 0.239 e. The van der Waals surface area contributed by atoms with Gasteiger partial charge in [0.2, 0.25) is 5.91 Å². The van der Waals surface area contributed by atoms with Crippen molar-refractivity contribution >= 4 is 17.7 Å². The molecule has 0 bridgehead atoms. The van der Waals surface area contributed by atoms with E-state index in [2.05, 4.69) is 13.2 Å². The molecule has 2 atom stereocenters. The molecular weight excluding hydrogens is 184 g/mol. The lowest BCUT2D eigenvalue weighted by Gasteiger charge is -2.26.